The van der Waals surface area contributed by atoms with Crippen LogP contribution in [0.4, 0.5) is 17.5 Å². The molecule has 0 amide bonds. The van der Waals surface area contributed by atoms with Gasteiger partial charge in [-0.05, 0) is 46.8 Å². The molecule has 24 heavy (non-hydrogen) atoms. The van der Waals surface area contributed by atoms with Gasteiger partial charge in [0.25, 0.3) is 0 Å². The summed E-state index contributed by atoms with van der Waals surface area (Å²) in [6, 6.07) is 9.03. The fraction of sp³-hybridized carbons (Fsp3) is 0.389. The Balaban J connectivity index is 2.30. The number of rotatable bonds is 5. The van der Waals surface area contributed by atoms with Crippen molar-refractivity contribution in [1.29, 1.82) is 0 Å². The Bertz CT molecular complexity index is 723. The minimum atomic E-state index is -0.362. The number of nitrogens with one attached hydrogen (secondary N) is 2. The van der Waals surface area contributed by atoms with Crippen LogP contribution in [-0.2, 0) is 4.74 Å². The van der Waals surface area contributed by atoms with E-state index >= 15 is 0 Å². The van der Waals surface area contributed by atoms with Crippen LogP contribution < -0.4 is 10.6 Å². The maximum Gasteiger partial charge on any atom is 0.340 e. The first-order valence-corrected chi connectivity index (χ1v) is 7.95. The Morgan fingerprint density at radius 3 is 2.58 bits per heavy atom. The summed E-state index contributed by atoms with van der Waals surface area (Å²) >= 11 is 0. The quantitative estimate of drug-likeness (QED) is 0.810. The first kappa shape index (κ1) is 17.7. The zero-order chi connectivity index (χ0) is 17.7. The van der Waals surface area contributed by atoms with Crippen molar-refractivity contribution >= 4 is 23.4 Å². The Labute approximate surface area is 142 Å². The maximum atomic E-state index is 12.1. The normalized spacial score (nSPS) is 11.0. The van der Waals surface area contributed by atoms with Gasteiger partial charge in [-0.25, -0.2) is 9.78 Å². The zero-order valence-electron chi connectivity index (χ0n) is 14.8. The average molecular weight is 328 g/mol. The molecule has 6 nitrogen and oxygen atoms in total. The molecule has 2 aromatic rings. The highest BCUT2D eigenvalue weighted by molar-refractivity contribution is 5.96. The number of ether oxygens (including phenoxy) is 1. The summed E-state index contributed by atoms with van der Waals surface area (Å²) in [5.41, 5.74) is 1.80. The second-order valence-corrected chi connectivity index (χ2v) is 6.48. The van der Waals surface area contributed by atoms with Crippen molar-refractivity contribution in [2.45, 2.75) is 40.2 Å². The van der Waals surface area contributed by atoms with Crippen LogP contribution >= 0.6 is 0 Å². The Morgan fingerprint density at radius 1 is 1.21 bits per heavy atom. The molecule has 0 spiro atoms. The highest BCUT2D eigenvalue weighted by Crippen LogP contribution is 2.22. The number of aromatic nitrogens is 2. The van der Waals surface area contributed by atoms with Gasteiger partial charge in [0.2, 0.25) is 5.95 Å². The van der Waals surface area contributed by atoms with Gasteiger partial charge in [0, 0.05) is 17.3 Å². The number of benzene rings is 1. The SMILES string of the molecule is CCOC(=O)c1ccccc1Nc1cc(C)nc(NC(C)(C)C)n1. The first-order chi connectivity index (χ1) is 11.3. The minimum absolute atomic E-state index is 0.145. The molecule has 0 aliphatic heterocycles. The van der Waals surface area contributed by atoms with E-state index in [1.165, 1.54) is 0 Å². The fourth-order valence-corrected chi connectivity index (χ4v) is 2.14. The number of anilines is 3. The Hall–Kier alpha value is -2.63. The van der Waals surface area contributed by atoms with Gasteiger partial charge >= 0.3 is 5.97 Å². The van der Waals surface area contributed by atoms with E-state index in [1.54, 1.807) is 19.1 Å². The van der Waals surface area contributed by atoms with E-state index in [0.29, 0.717) is 29.6 Å². The van der Waals surface area contributed by atoms with Crippen molar-refractivity contribution in [2.24, 2.45) is 0 Å². The van der Waals surface area contributed by atoms with Crippen molar-refractivity contribution in [1.82, 2.24) is 9.97 Å². The molecule has 0 fully saturated rings. The number of hydrogen-bond acceptors (Lipinski definition) is 6. The molecule has 6 heteroatoms. The zero-order valence-corrected chi connectivity index (χ0v) is 14.8. The molecule has 1 heterocycles. The van der Waals surface area contributed by atoms with Crippen LogP contribution in [0.2, 0.25) is 0 Å². The number of para-hydroxylation sites is 1. The lowest BCUT2D eigenvalue weighted by Crippen LogP contribution is -2.27. The smallest absolute Gasteiger partial charge is 0.340 e. The number of carbonyl (C=O) groups is 1. The summed E-state index contributed by atoms with van der Waals surface area (Å²) < 4.78 is 5.10. The third-order valence-electron chi connectivity index (χ3n) is 3.03. The summed E-state index contributed by atoms with van der Waals surface area (Å²) in [5.74, 6) is 0.795. The molecular weight excluding hydrogens is 304 g/mol. The van der Waals surface area contributed by atoms with Crippen LogP contribution in [0.25, 0.3) is 0 Å². The van der Waals surface area contributed by atoms with Crippen molar-refractivity contribution in [3.05, 3.63) is 41.6 Å². The molecule has 0 bridgehead atoms. The summed E-state index contributed by atoms with van der Waals surface area (Å²) in [5, 5.41) is 6.44. The summed E-state index contributed by atoms with van der Waals surface area (Å²) in [6.07, 6.45) is 0. The highest BCUT2D eigenvalue weighted by Gasteiger charge is 2.15. The van der Waals surface area contributed by atoms with Gasteiger partial charge in [0.15, 0.2) is 0 Å². The predicted molar refractivity (Wildman–Crippen MR) is 95.8 cm³/mol. The number of nitrogens with zero attached hydrogens (tertiary/aromatic N) is 2. The number of hydrogen-bond donors (Lipinski definition) is 2. The lowest BCUT2D eigenvalue weighted by atomic mass is 10.1. The second kappa shape index (κ2) is 7.29. The molecule has 0 unspecified atom stereocenters. The number of aryl methyl sites for hydroxylation is 1. The van der Waals surface area contributed by atoms with E-state index in [9.17, 15) is 4.79 Å². The first-order valence-electron chi connectivity index (χ1n) is 7.95. The van der Waals surface area contributed by atoms with Gasteiger partial charge in [0.05, 0.1) is 17.9 Å². The molecule has 1 aromatic heterocycles. The summed E-state index contributed by atoms with van der Waals surface area (Å²) in [7, 11) is 0. The lowest BCUT2D eigenvalue weighted by Gasteiger charge is -2.21. The molecule has 0 aliphatic rings. The standard InChI is InChI=1S/C18H24N4O2/c1-6-24-16(23)13-9-7-8-10-14(13)20-15-11-12(2)19-17(21-15)22-18(3,4)5/h7-11H,6H2,1-5H3,(H2,19,20,21,22). The molecule has 0 atom stereocenters. The molecular formula is C18H24N4O2. The van der Waals surface area contributed by atoms with Crippen molar-refractivity contribution in [3.8, 4) is 0 Å². The molecule has 1 aromatic carbocycles. The molecule has 2 N–H and O–H groups in total. The van der Waals surface area contributed by atoms with Gasteiger partial charge < -0.3 is 15.4 Å². The molecule has 0 radical (unpaired) electrons. The Kier molecular flexibility index (Phi) is 5.39. The molecule has 0 saturated heterocycles. The van der Waals surface area contributed by atoms with E-state index in [-0.39, 0.29) is 11.5 Å². The maximum absolute atomic E-state index is 12.1. The van der Waals surface area contributed by atoms with Gasteiger partial charge in [-0.1, -0.05) is 12.1 Å². The van der Waals surface area contributed by atoms with E-state index in [2.05, 4.69) is 20.6 Å². The van der Waals surface area contributed by atoms with Gasteiger partial charge in [-0.3, -0.25) is 0 Å². The molecule has 128 valence electrons. The van der Waals surface area contributed by atoms with Gasteiger partial charge in [0.1, 0.15) is 5.82 Å². The molecule has 2 rings (SSSR count). The highest BCUT2D eigenvalue weighted by atomic mass is 16.5. The van der Waals surface area contributed by atoms with Crippen LogP contribution in [-0.4, -0.2) is 28.1 Å². The minimum Gasteiger partial charge on any atom is -0.462 e. The van der Waals surface area contributed by atoms with Crippen LogP contribution in [0, 0.1) is 6.92 Å². The van der Waals surface area contributed by atoms with E-state index in [1.807, 2.05) is 45.9 Å². The van der Waals surface area contributed by atoms with Crippen molar-refractivity contribution in [3.63, 3.8) is 0 Å². The van der Waals surface area contributed by atoms with Crippen molar-refractivity contribution < 1.29 is 9.53 Å². The predicted octanol–water partition coefficient (Wildman–Crippen LogP) is 3.92. The largest absolute Gasteiger partial charge is 0.462 e. The van der Waals surface area contributed by atoms with Crippen LogP contribution in [0.15, 0.2) is 30.3 Å². The third-order valence-corrected chi connectivity index (χ3v) is 3.03. The van der Waals surface area contributed by atoms with E-state index in [0.717, 1.165) is 5.69 Å². The fourth-order valence-electron chi connectivity index (χ4n) is 2.14. The van der Waals surface area contributed by atoms with Crippen LogP contribution in [0.3, 0.4) is 0 Å². The average Bonchev–Trinajstić information content (AvgIpc) is 2.45. The van der Waals surface area contributed by atoms with Gasteiger partial charge in [-0.2, -0.15) is 4.98 Å². The molecule has 0 saturated carbocycles. The summed E-state index contributed by atoms with van der Waals surface area (Å²) in [6.45, 7) is 10.1. The monoisotopic (exact) mass is 328 g/mol. The van der Waals surface area contributed by atoms with Crippen LogP contribution in [0.1, 0.15) is 43.7 Å². The van der Waals surface area contributed by atoms with Crippen LogP contribution in [0.5, 0.6) is 0 Å². The topological polar surface area (TPSA) is 76.1 Å². The number of esters is 1. The second-order valence-electron chi connectivity index (χ2n) is 6.48. The lowest BCUT2D eigenvalue weighted by molar-refractivity contribution is 0.0527. The van der Waals surface area contributed by atoms with E-state index < -0.39 is 0 Å². The molecule has 0 aliphatic carbocycles. The third kappa shape index (κ3) is 4.94. The summed E-state index contributed by atoms with van der Waals surface area (Å²) in [4.78, 5) is 20.9. The van der Waals surface area contributed by atoms with Crippen molar-refractivity contribution in [2.75, 3.05) is 17.2 Å². The number of carbonyl (C=O) groups excluding carboxylic acids is 1. The van der Waals surface area contributed by atoms with E-state index in [4.69, 9.17) is 4.74 Å². The Morgan fingerprint density at radius 2 is 1.92 bits per heavy atom. The van der Waals surface area contributed by atoms with Gasteiger partial charge in [-0.15, -0.1) is 0 Å².